The number of ether oxygens (including phenoxy) is 1. The van der Waals surface area contributed by atoms with Crippen molar-refractivity contribution in [2.24, 2.45) is 4.99 Å². The molecule has 0 saturated carbocycles. The number of aliphatic imine (C=N–C) groups is 1. The van der Waals surface area contributed by atoms with E-state index >= 15 is 0 Å². The standard InChI is InChI=1S/C10H10FNOS/c1-10(2,11)13-9-6-4-3-5-8(9)12-7-14/h3-6H,1-2H3. The van der Waals surface area contributed by atoms with E-state index in [0.29, 0.717) is 11.4 Å². The van der Waals surface area contributed by atoms with Gasteiger partial charge in [0.15, 0.2) is 0 Å². The third-order valence-electron chi connectivity index (χ3n) is 1.38. The van der Waals surface area contributed by atoms with Crippen molar-refractivity contribution in [3.05, 3.63) is 24.3 Å². The summed E-state index contributed by atoms with van der Waals surface area (Å²) in [5, 5.41) is 2.22. The molecule has 0 spiro atoms. The predicted molar refractivity (Wildman–Crippen MR) is 56.9 cm³/mol. The fourth-order valence-electron chi connectivity index (χ4n) is 0.946. The van der Waals surface area contributed by atoms with Crippen molar-refractivity contribution in [3.63, 3.8) is 0 Å². The Bertz CT molecular complexity index is 367. The lowest BCUT2D eigenvalue weighted by atomic mass is 10.3. The molecule has 0 aliphatic rings. The van der Waals surface area contributed by atoms with Gasteiger partial charge in [-0.05, 0) is 24.4 Å². The number of benzene rings is 1. The zero-order valence-electron chi connectivity index (χ0n) is 7.95. The van der Waals surface area contributed by atoms with Gasteiger partial charge in [0.05, 0.1) is 5.16 Å². The van der Waals surface area contributed by atoms with E-state index in [9.17, 15) is 4.39 Å². The minimum atomic E-state index is -1.73. The number of thiocarbonyl (C=S) groups is 1. The first-order valence-electron chi connectivity index (χ1n) is 4.08. The van der Waals surface area contributed by atoms with Gasteiger partial charge in [-0.1, -0.05) is 12.1 Å². The van der Waals surface area contributed by atoms with Crippen LogP contribution in [0.25, 0.3) is 0 Å². The quantitative estimate of drug-likeness (QED) is 0.563. The van der Waals surface area contributed by atoms with E-state index in [1.54, 1.807) is 24.3 Å². The largest absolute Gasteiger partial charge is 0.456 e. The molecule has 1 aromatic carbocycles. The predicted octanol–water partition coefficient (Wildman–Crippen LogP) is 3.51. The Kier molecular flexibility index (Phi) is 3.33. The molecule has 0 aromatic heterocycles. The van der Waals surface area contributed by atoms with E-state index in [0.717, 1.165) is 0 Å². The highest BCUT2D eigenvalue weighted by Crippen LogP contribution is 2.29. The molecule has 0 N–H and O–H groups in total. The summed E-state index contributed by atoms with van der Waals surface area (Å²) in [6.07, 6.45) is 0. The topological polar surface area (TPSA) is 21.6 Å². The van der Waals surface area contributed by atoms with Gasteiger partial charge in [-0.2, -0.15) is 9.38 Å². The summed E-state index contributed by atoms with van der Waals surface area (Å²) in [6, 6.07) is 6.82. The normalized spacial score (nSPS) is 10.5. The van der Waals surface area contributed by atoms with Crippen molar-refractivity contribution in [3.8, 4) is 5.75 Å². The first kappa shape index (κ1) is 10.8. The number of halogens is 1. The number of hydrogen-bond acceptors (Lipinski definition) is 3. The van der Waals surface area contributed by atoms with Gasteiger partial charge in [-0.25, -0.2) is 0 Å². The summed E-state index contributed by atoms with van der Waals surface area (Å²) < 4.78 is 18.2. The molecule has 0 heterocycles. The van der Waals surface area contributed by atoms with Crippen molar-refractivity contribution in [2.75, 3.05) is 0 Å². The van der Waals surface area contributed by atoms with Crippen LogP contribution in [-0.4, -0.2) is 11.0 Å². The summed E-state index contributed by atoms with van der Waals surface area (Å²) in [5.74, 6) is -1.37. The van der Waals surface area contributed by atoms with E-state index < -0.39 is 5.85 Å². The molecule has 4 heteroatoms. The number of nitrogens with zero attached hydrogens (tertiary/aromatic N) is 1. The van der Waals surface area contributed by atoms with Gasteiger partial charge < -0.3 is 4.74 Å². The SMILES string of the molecule is CC(C)(F)Oc1ccccc1N=C=S. The van der Waals surface area contributed by atoms with Crippen molar-refractivity contribution in [1.82, 2.24) is 0 Å². The summed E-state index contributed by atoms with van der Waals surface area (Å²) >= 11 is 4.47. The zero-order valence-corrected chi connectivity index (χ0v) is 8.77. The van der Waals surface area contributed by atoms with Crippen LogP contribution in [0.3, 0.4) is 0 Å². The Hall–Kier alpha value is -1.25. The molecule has 1 rings (SSSR count). The van der Waals surface area contributed by atoms with Gasteiger partial charge in [0.25, 0.3) is 0 Å². The smallest absolute Gasteiger partial charge is 0.243 e. The van der Waals surface area contributed by atoms with Gasteiger partial charge >= 0.3 is 0 Å². The fraction of sp³-hybridized carbons (Fsp3) is 0.300. The van der Waals surface area contributed by atoms with Crippen LogP contribution in [0.4, 0.5) is 10.1 Å². The minimum Gasteiger partial charge on any atom is -0.456 e. The lowest BCUT2D eigenvalue weighted by molar-refractivity contribution is -0.0252. The van der Waals surface area contributed by atoms with Crippen molar-refractivity contribution in [1.29, 1.82) is 0 Å². The molecule has 0 atom stereocenters. The van der Waals surface area contributed by atoms with E-state index in [2.05, 4.69) is 22.4 Å². The van der Waals surface area contributed by atoms with Crippen LogP contribution < -0.4 is 4.74 Å². The highest BCUT2D eigenvalue weighted by Gasteiger charge is 2.18. The molecular formula is C10H10FNOS. The highest BCUT2D eigenvalue weighted by atomic mass is 32.1. The number of hydrogen-bond donors (Lipinski definition) is 0. The van der Waals surface area contributed by atoms with Gasteiger partial charge in [-0.3, -0.25) is 0 Å². The molecule has 2 nitrogen and oxygen atoms in total. The van der Waals surface area contributed by atoms with E-state index in [-0.39, 0.29) is 0 Å². The van der Waals surface area contributed by atoms with Gasteiger partial charge in [0, 0.05) is 13.8 Å². The van der Waals surface area contributed by atoms with Crippen molar-refractivity contribution < 1.29 is 9.13 Å². The molecule has 0 bridgehead atoms. The van der Waals surface area contributed by atoms with Gasteiger partial charge in [0.2, 0.25) is 5.85 Å². The van der Waals surface area contributed by atoms with Crippen LogP contribution in [0.5, 0.6) is 5.75 Å². The molecule has 0 amide bonds. The Labute approximate surface area is 87.4 Å². The molecule has 0 saturated heterocycles. The molecule has 0 aliphatic heterocycles. The van der Waals surface area contributed by atoms with Crippen LogP contribution in [0.1, 0.15) is 13.8 Å². The second-order valence-electron chi connectivity index (χ2n) is 3.14. The summed E-state index contributed by atoms with van der Waals surface area (Å²) in [6.45, 7) is 2.65. The number of alkyl halides is 1. The van der Waals surface area contributed by atoms with E-state index in [1.807, 2.05) is 0 Å². The Morgan fingerprint density at radius 3 is 2.64 bits per heavy atom. The highest BCUT2D eigenvalue weighted by molar-refractivity contribution is 7.78. The summed E-state index contributed by atoms with van der Waals surface area (Å²) in [4.78, 5) is 3.76. The summed E-state index contributed by atoms with van der Waals surface area (Å²) in [7, 11) is 0. The molecule has 0 aliphatic carbocycles. The molecular weight excluding hydrogens is 201 g/mol. The van der Waals surface area contributed by atoms with Crippen LogP contribution in [0, 0.1) is 0 Å². The van der Waals surface area contributed by atoms with Gasteiger partial charge in [-0.15, -0.1) is 0 Å². The van der Waals surface area contributed by atoms with Gasteiger partial charge in [0.1, 0.15) is 11.4 Å². The minimum absolute atomic E-state index is 0.359. The lowest BCUT2D eigenvalue weighted by Crippen LogP contribution is -2.21. The third-order valence-corrected chi connectivity index (χ3v) is 1.48. The molecule has 74 valence electrons. The average Bonchev–Trinajstić information content (AvgIpc) is 2.06. The molecule has 1 aromatic rings. The van der Waals surface area contributed by atoms with Crippen LogP contribution in [0.15, 0.2) is 29.3 Å². The Morgan fingerprint density at radius 2 is 2.07 bits per heavy atom. The van der Waals surface area contributed by atoms with E-state index in [4.69, 9.17) is 4.74 Å². The number of isothiocyanates is 1. The first-order chi connectivity index (χ1) is 6.53. The Morgan fingerprint density at radius 1 is 1.43 bits per heavy atom. The monoisotopic (exact) mass is 211 g/mol. The third kappa shape index (κ3) is 3.24. The molecule has 0 fully saturated rings. The molecule has 0 radical (unpaired) electrons. The Balaban J connectivity index is 3.01. The van der Waals surface area contributed by atoms with Crippen molar-refractivity contribution >= 4 is 23.1 Å². The van der Waals surface area contributed by atoms with Crippen LogP contribution in [-0.2, 0) is 0 Å². The number of para-hydroxylation sites is 2. The molecule has 0 unspecified atom stereocenters. The molecule has 14 heavy (non-hydrogen) atoms. The maximum Gasteiger partial charge on any atom is 0.243 e. The maximum atomic E-state index is 13.2. The van der Waals surface area contributed by atoms with Crippen LogP contribution in [0.2, 0.25) is 0 Å². The lowest BCUT2D eigenvalue weighted by Gasteiger charge is -2.17. The first-order valence-corrected chi connectivity index (χ1v) is 4.48. The second kappa shape index (κ2) is 4.31. The average molecular weight is 211 g/mol. The number of rotatable bonds is 3. The van der Waals surface area contributed by atoms with Crippen molar-refractivity contribution in [2.45, 2.75) is 19.7 Å². The van der Waals surface area contributed by atoms with Crippen LogP contribution >= 0.6 is 12.2 Å². The summed E-state index contributed by atoms with van der Waals surface area (Å²) in [5.41, 5.74) is 0.480. The maximum absolute atomic E-state index is 13.2. The second-order valence-corrected chi connectivity index (χ2v) is 3.32. The zero-order chi connectivity index (χ0) is 10.6. The fourth-order valence-corrected chi connectivity index (χ4v) is 1.04. The van der Waals surface area contributed by atoms with E-state index in [1.165, 1.54) is 13.8 Å².